The van der Waals surface area contributed by atoms with Crippen LogP contribution in [-0.4, -0.2) is 36.8 Å². The Morgan fingerprint density at radius 1 is 1.40 bits per heavy atom. The molecule has 0 aliphatic carbocycles. The first kappa shape index (κ1) is 18.3. The standard InChI is InChI=1S/C12H19NO6S/c1-5-6-19-10(14)7-9(4)11(15)13-12(8(2)3)20(16,17)18/h5,8,12H,1,4,6-7H2,2-3H3,(H,13,15)(H,16,17,18). The maximum atomic E-state index is 11.7. The van der Waals surface area contributed by atoms with Crippen molar-refractivity contribution in [3.8, 4) is 0 Å². The molecule has 20 heavy (non-hydrogen) atoms. The molecule has 0 aromatic carbocycles. The Labute approximate surface area is 118 Å². The zero-order chi connectivity index (χ0) is 15.9. The topological polar surface area (TPSA) is 110 Å². The molecule has 114 valence electrons. The highest BCUT2D eigenvalue weighted by Crippen LogP contribution is 2.10. The van der Waals surface area contributed by atoms with Crippen molar-refractivity contribution in [2.24, 2.45) is 5.92 Å². The molecule has 0 aliphatic rings. The van der Waals surface area contributed by atoms with E-state index in [1.165, 1.54) is 19.9 Å². The zero-order valence-electron chi connectivity index (χ0n) is 11.5. The van der Waals surface area contributed by atoms with Crippen LogP contribution < -0.4 is 5.32 Å². The summed E-state index contributed by atoms with van der Waals surface area (Å²) in [5.41, 5.74) is -0.159. The fourth-order valence-electron chi connectivity index (χ4n) is 1.27. The third-order valence-corrected chi connectivity index (χ3v) is 3.54. The van der Waals surface area contributed by atoms with E-state index in [0.29, 0.717) is 0 Å². The summed E-state index contributed by atoms with van der Waals surface area (Å²) in [5, 5.41) is 0.651. The van der Waals surface area contributed by atoms with E-state index in [1.807, 2.05) is 0 Å². The normalized spacial score (nSPS) is 12.6. The number of carbonyl (C=O) groups is 2. The van der Waals surface area contributed by atoms with E-state index in [-0.39, 0.29) is 18.6 Å². The molecular weight excluding hydrogens is 286 g/mol. The predicted molar refractivity (Wildman–Crippen MR) is 73.2 cm³/mol. The number of carbonyl (C=O) groups excluding carboxylic acids is 2. The summed E-state index contributed by atoms with van der Waals surface area (Å²) in [7, 11) is -4.44. The molecule has 8 heteroatoms. The Balaban J connectivity index is 4.63. The second kappa shape index (κ2) is 7.81. The van der Waals surface area contributed by atoms with Crippen molar-refractivity contribution in [1.29, 1.82) is 0 Å². The van der Waals surface area contributed by atoms with Crippen LogP contribution in [0.3, 0.4) is 0 Å². The number of amides is 1. The van der Waals surface area contributed by atoms with Crippen molar-refractivity contribution in [1.82, 2.24) is 5.32 Å². The highest BCUT2D eigenvalue weighted by atomic mass is 32.2. The van der Waals surface area contributed by atoms with Gasteiger partial charge in [-0.15, -0.1) is 0 Å². The Kier molecular flexibility index (Phi) is 7.16. The number of rotatable bonds is 8. The lowest BCUT2D eigenvalue weighted by Gasteiger charge is -2.19. The summed E-state index contributed by atoms with van der Waals surface area (Å²) in [6.07, 6.45) is 0.990. The van der Waals surface area contributed by atoms with Gasteiger partial charge in [-0.05, 0) is 5.92 Å². The van der Waals surface area contributed by atoms with Gasteiger partial charge in [0.2, 0.25) is 5.91 Å². The summed E-state index contributed by atoms with van der Waals surface area (Å²) in [5.74, 6) is -2.07. The van der Waals surface area contributed by atoms with E-state index in [4.69, 9.17) is 4.55 Å². The van der Waals surface area contributed by atoms with Gasteiger partial charge < -0.3 is 10.1 Å². The van der Waals surface area contributed by atoms with Gasteiger partial charge in [0.1, 0.15) is 6.61 Å². The molecule has 0 fully saturated rings. The molecule has 0 rings (SSSR count). The molecule has 1 unspecified atom stereocenters. The summed E-state index contributed by atoms with van der Waals surface area (Å²) in [4.78, 5) is 23.0. The molecule has 0 saturated heterocycles. The van der Waals surface area contributed by atoms with E-state index in [9.17, 15) is 18.0 Å². The van der Waals surface area contributed by atoms with E-state index in [1.54, 1.807) is 0 Å². The third kappa shape index (κ3) is 6.48. The molecule has 2 N–H and O–H groups in total. The van der Waals surface area contributed by atoms with E-state index >= 15 is 0 Å². The second-order valence-corrected chi connectivity index (χ2v) is 5.94. The van der Waals surface area contributed by atoms with Crippen molar-refractivity contribution in [2.75, 3.05) is 6.61 Å². The Morgan fingerprint density at radius 3 is 2.35 bits per heavy atom. The lowest BCUT2D eigenvalue weighted by Crippen LogP contribution is -2.44. The largest absolute Gasteiger partial charge is 0.461 e. The van der Waals surface area contributed by atoms with Gasteiger partial charge in [-0.3, -0.25) is 14.1 Å². The highest BCUT2D eigenvalue weighted by Gasteiger charge is 2.29. The summed E-state index contributed by atoms with van der Waals surface area (Å²) < 4.78 is 35.9. The van der Waals surface area contributed by atoms with Gasteiger partial charge >= 0.3 is 5.97 Å². The van der Waals surface area contributed by atoms with Crippen molar-refractivity contribution in [2.45, 2.75) is 25.6 Å². The number of nitrogens with one attached hydrogen (secondary N) is 1. The minimum absolute atomic E-state index is 0.00731. The van der Waals surface area contributed by atoms with Crippen LogP contribution >= 0.6 is 0 Å². The molecular formula is C12H19NO6S. The summed E-state index contributed by atoms with van der Waals surface area (Å²) in [6.45, 7) is 9.78. The van der Waals surface area contributed by atoms with Crippen LogP contribution in [0, 0.1) is 5.92 Å². The average molecular weight is 305 g/mol. The first-order chi connectivity index (χ1) is 9.09. The predicted octanol–water partition coefficient (Wildman–Crippen LogP) is 0.648. The Bertz CT molecular complexity index is 494. The van der Waals surface area contributed by atoms with Gasteiger partial charge in [-0.2, -0.15) is 8.42 Å². The van der Waals surface area contributed by atoms with Gasteiger partial charge in [-0.25, -0.2) is 0 Å². The number of hydrogen-bond acceptors (Lipinski definition) is 5. The Morgan fingerprint density at radius 2 is 1.95 bits per heavy atom. The van der Waals surface area contributed by atoms with Gasteiger partial charge in [0.15, 0.2) is 5.37 Å². The average Bonchev–Trinajstić information content (AvgIpc) is 2.30. The van der Waals surface area contributed by atoms with Crippen LogP contribution in [0.25, 0.3) is 0 Å². The van der Waals surface area contributed by atoms with Crippen molar-refractivity contribution in [3.05, 3.63) is 24.8 Å². The van der Waals surface area contributed by atoms with E-state index in [0.717, 1.165) is 0 Å². The summed E-state index contributed by atoms with van der Waals surface area (Å²) >= 11 is 0. The van der Waals surface area contributed by atoms with E-state index < -0.39 is 33.3 Å². The molecule has 0 spiro atoms. The van der Waals surface area contributed by atoms with Crippen LogP contribution in [0.5, 0.6) is 0 Å². The zero-order valence-corrected chi connectivity index (χ0v) is 12.3. The van der Waals surface area contributed by atoms with Crippen molar-refractivity contribution in [3.63, 3.8) is 0 Å². The van der Waals surface area contributed by atoms with E-state index in [2.05, 4.69) is 23.2 Å². The first-order valence-corrected chi connectivity index (χ1v) is 7.31. The molecule has 0 saturated carbocycles. The van der Waals surface area contributed by atoms with Gasteiger partial charge in [0, 0.05) is 5.57 Å². The smallest absolute Gasteiger partial charge is 0.310 e. The highest BCUT2D eigenvalue weighted by molar-refractivity contribution is 7.86. The number of esters is 1. The monoisotopic (exact) mass is 305 g/mol. The Hall–Kier alpha value is -1.67. The maximum absolute atomic E-state index is 11.7. The first-order valence-electron chi connectivity index (χ1n) is 5.81. The van der Waals surface area contributed by atoms with Gasteiger partial charge in [0.25, 0.3) is 10.1 Å². The van der Waals surface area contributed by atoms with Crippen molar-refractivity contribution < 1.29 is 27.3 Å². The minimum atomic E-state index is -4.44. The van der Waals surface area contributed by atoms with Gasteiger partial charge in [0.05, 0.1) is 6.42 Å². The van der Waals surface area contributed by atoms with Gasteiger partial charge in [-0.1, -0.05) is 33.1 Å². The molecule has 0 bridgehead atoms. The van der Waals surface area contributed by atoms with Crippen LogP contribution in [0.15, 0.2) is 24.8 Å². The maximum Gasteiger partial charge on any atom is 0.310 e. The molecule has 0 radical (unpaired) electrons. The molecule has 0 aromatic heterocycles. The molecule has 7 nitrogen and oxygen atoms in total. The quantitative estimate of drug-likeness (QED) is 0.295. The summed E-state index contributed by atoms with van der Waals surface area (Å²) in [6, 6.07) is 0. The molecule has 0 aliphatic heterocycles. The van der Waals surface area contributed by atoms with Crippen molar-refractivity contribution >= 4 is 22.0 Å². The molecule has 0 aromatic rings. The number of ether oxygens (including phenoxy) is 1. The lowest BCUT2D eigenvalue weighted by molar-refractivity contribution is -0.142. The van der Waals surface area contributed by atoms with Crippen LogP contribution in [0.2, 0.25) is 0 Å². The number of hydrogen-bond donors (Lipinski definition) is 2. The molecule has 1 amide bonds. The lowest BCUT2D eigenvalue weighted by atomic mass is 10.2. The third-order valence-electron chi connectivity index (χ3n) is 2.24. The van der Waals surface area contributed by atoms with Crippen LogP contribution in [-0.2, 0) is 24.4 Å². The molecule has 0 heterocycles. The minimum Gasteiger partial charge on any atom is -0.461 e. The fourth-order valence-corrected chi connectivity index (χ4v) is 2.22. The molecule has 1 atom stereocenters. The van der Waals surface area contributed by atoms with Crippen LogP contribution in [0.1, 0.15) is 20.3 Å². The van der Waals surface area contributed by atoms with Crippen LogP contribution in [0.4, 0.5) is 0 Å². The SMILES string of the molecule is C=CCOC(=O)CC(=C)C(=O)NC(C(C)C)S(=O)(=O)O. The fraction of sp³-hybridized carbons (Fsp3) is 0.500. The second-order valence-electron chi connectivity index (χ2n) is 4.41.